The molecule has 2 heterocycles. The van der Waals surface area contributed by atoms with E-state index in [0.717, 1.165) is 41.9 Å². The van der Waals surface area contributed by atoms with Gasteiger partial charge in [-0.3, -0.25) is 0 Å². The summed E-state index contributed by atoms with van der Waals surface area (Å²) in [6.45, 7) is 4.80. The molecule has 0 aliphatic carbocycles. The molecular formula is C18H24N4O. The predicted molar refractivity (Wildman–Crippen MR) is 93.2 cm³/mol. The SMILES string of the molecule is COc1ccccc1CNc1cc(N2CCCCC2)nc(C)n1. The number of benzene rings is 1. The van der Waals surface area contributed by atoms with Gasteiger partial charge in [-0.2, -0.15) is 0 Å². The molecule has 0 saturated carbocycles. The van der Waals surface area contributed by atoms with Crippen molar-refractivity contribution in [1.82, 2.24) is 9.97 Å². The number of piperidine rings is 1. The van der Waals surface area contributed by atoms with Crippen molar-refractivity contribution in [2.75, 3.05) is 30.4 Å². The Morgan fingerprint density at radius 3 is 2.70 bits per heavy atom. The summed E-state index contributed by atoms with van der Waals surface area (Å²) in [5.41, 5.74) is 1.12. The summed E-state index contributed by atoms with van der Waals surface area (Å²) >= 11 is 0. The Balaban J connectivity index is 1.73. The molecule has 0 radical (unpaired) electrons. The van der Waals surface area contributed by atoms with Crippen LogP contribution in [0.2, 0.25) is 0 Å². The van der Waals surface area contributed by atoms with Crippen LogP contribution in [0, 0.1) is 6.92 Å². The van der Waals surface area contributed by atoms with Gasteiger partial charge < -0.3 is 15.0 Å². The lowest BCUT2D eigenvalue weighted by molar-refractivity contribution is 0.410. The molecule has 2 aromatic rings. The van der Waals surface area contributed by atoms with Gasteiger partial charge in [0.05, 0.1) is 7.11 Å². The number of methoxy groups -OCH3 is 1. The lowest BCUT2D eigenvalue weighted by Gasteiger charge is -2.28. The van der Waals surface area contributed by atoms with E-state index in [4.69, 9.17) is 4.74 Å². The minimum Gasteiger partial charge on any atom is -0.496 e. The first-order valence-electron chi connectivity index (χ1n) is 8.22. The van der Waals surface area contributed by atoms with Crippen LogP contribution in [-0.2, 0) is 6.54 Å². The quantitative estimate of drug-likeness (QED) is 0.917. The van der Waals surface area contributed by atoms with Crippen molar-refractivity contribution in [3.05, 3.63) is 41.7 Å². The lowest BCUT2D eigenvalue weighted by atomic mass is 10.1. The number of rotatable bonds is 5. The van der Waals surface area contributed by atoms with E-state index in [0.29, 0.717) is 6.54 Å². The molecular weight excluding hydrogens is 288 g/mol. The van der Waals surface area contributed by atoms with Crippen molar-refractivity contribution in [3.8, 4) is 5.75 Å². The van der Waals surface area contributed by atoms with Crippen LogP contribution in [0.1, 0.15) is 30.7 Å². The van der Waals surface area contributed by atoms with E-state index in [1.165, 1.54) is 19.3 Å². The van der Waals surface area contributed by atoms with Gasteiger partial charge in [0.25, 0.3) is 0 Å². The molecule has 0 bridgehead atoms. The third-order valence-corrected chi connectivity index (χ3v) is 4.16. The zero-order valence-corrected chi connectivity index (χ0v) is 13.9. The maximum atomic E-state index is 5.40. The maximum absolute atomic E-state index is 5.40. The third-order valence-electron chi connectivity index (χ3n) is 4.16. The maximum Gasteiger partial charge on any atom is 0.134 e. The second kappa shape index (κ2) is 7.31. The number of ether oxygens (including phenoxy) is 1. The van der Waals surface area contributed by atoms with Crippen molar-refractivity contribution >= 4 is 11.6 Å². The molecule has 0 amide bonds. The van der Waals surface area contributed by atoms with Gasteiger partial charge in [-0.25, -0.2) is 9.97 Å². The minimum atomic E-state index is 0.680. The van der Waals surface area contributed by atoms with Crippen LogP contribution in [-0.4, -0.2) is 30.2 Å². The van der Waals surface area contributed by atoms with Crippen LogP contribution < -0.4 is 15.0 Å². The standard InChI is InChI=1S/C18H24N4O/c1-14-20-17(12-18(21-14)22-10-6-3-7-11-22)19-13-15-8-4-5-9-16(15)23-2/h4-5,8-9,12H,3,6-7,10-11,13H2,1-2H3,(H,19,20,21). The molecule has 0 spiro atoms. The fourth-order valence-corrected chi connectivity index (χ4v) is 2.96. The minimum absolute atomic E-state index is 0.680. The topological polar surface area (TPSA) is 50.3 Å². The first kappa shape index (κ1) is 15.6. The summed E-state index contributed by atoms with van der Waals surface area (Å²) in [6, 6.07) is 10.1. The molecule has 0 atom stereocenters. The number of nitrogens with one attached hydrogen (secondary N) is 1. The molecule has 5 heteroatoms. The number of aryl methyl sites for hydroxylation is 1. The van der Waals surface area contributed by atoms with Gasteiger partial charge in [0.1, 0.15) is 23.2 Å². The van der Waals surface area contributed by atoms with E-state index in [-0.39, 0.29) is 0 Å². The summed E-state index contributed by atoms with van der Waals surface area (Å²) in [5, 5.41) is 3.40. The van der Waals surface area contributed by atoms with Gasteiger partial charge in [0.15, 0.2) is 0 Å². The molecule has 1 fully saturated rings. The molecule has 1 aromatic heterocycles. The Hall–Kier alpha value is -2.30. The first-order chi connectivity index (χ1) is 11.3. The molecule has 0 unspecified atom stereocenters. The normalized spacial score (nSPS) is 14.6. The number of hydrogen-bond donors (Lipinski definition) is 1. The molecule has 1 aromatic carbocycles. The van der Waals surface area contributed by atoms with Crippen molar-refractivity contribution in [2.24, 2.45) is 0 Å². The molecule has 122 valence electrons. The number of para-hydroxylation sites is 1. The van der Waals surface area contributed by atoms with Gasteiger partial charge in [0, 0.05) is 31.3 Å². The highest BCUT2D eigenvalue weighted by Gasteiger charge is 2.14. The van der Waals surface area contributed by atoms with Gasteiger partial charge in [-0.15, -0.1) is 0 Å². The van der Waals surface area contributed by atoms with Gasteiger partial charge in [-0.1, -0.05) is 18.2 Å². The Morgan fingerprint density at radius 1 is 1.13 bits per heavy atom. The van der Waals surface area contributed by atoms with Crippen molar-refractivity contribution in [2.45, 2.75) is 32.7 Å². The van der Waals surface area contributed by atoms with Crippen LogP contribution in [0.4, 0.5) is 11.6 Å². The molecule has 3 rings (SSSR count). The molecule has 5 nitrogen and oxygen atoms in total. The second-order valence-corrected chi connectivity index (χ2v) is 5.87. The zero-order chi connectivity index (χ0) is 16.1. The second-order valence-electron chi connectivity index (χ2n) is 5.87. The lowest BCUT2D eigenvalue weighted by Crippen LogP contribution is -2.30. The van der Waals surface area contributed by atoms with Crippen LogP contribution >= 0.6 is 0 Å². The van der Waals surface area contributed by atoms with E-state index < -0.39 is 0 Å². The average molecular weight is 312 g/mol. The van der Waals surface area contributed by atoms with E-state index in [9.17, 15) is 0 Å². The van der Waals surface area contributed by atoms with Crippen molar-refractivity contribution in [3.63, 3.8) is 0 Å². The highest BCUT2D eigenvalue weighted by Crippen LogP contribution is 2.22. The molecule has 1 aliphatic rings. The van der Waals surface area contributed by atoms with Gasteiger partial charge >= 0.3 is 0 Å². The fourth-order valence-electron chi connectivity index (χ4n) is 2.96. The smallest absolute Gasteiger partial charge is 0.134 e. The van der Waals surface area contributed by atoms with Gasteiger partial charge in [0.2, 0.25) is 0 Å². The van der Waals surface area contributed by atoms with Crippen molar-refractivity contribution in [1.29, 1.82) is 0 Å². The Labute approximate surface area is 137 Å². The van der Waals surface area contributed by atoms with Crippen LogP contribution in [0.5, 0.6) is 5.75 Å². The number of hydrogen-bond acceptors (Lipinski definition) is 5. The number of nitrogens with zero attached hydrogens (tertiary/aromatic N) is 3. The average Bonchev–Trinajstić information content (AvgIpc) is 2.60. The van der Waals surface area contributed by atoms with Crippen molar-refractivity contribution < 1.29 is 4.74 Å². The van der Waals surface area contributed by atoms with Crippen LogP contribution in [0.15, 0.2) is 30.3 Å². The molecule has 1 saturated heterocycles. The molecule has 1 N–H and O–H groups in total. The summed E-state index contributed by atoms with van der Waals surface area (Å²) in [6.07, 6.45) is 3.81. The Bertz CT molecular complexity index is 653. The van der Waals surface area contributed by atoms with E-state index in [2.05, 4.69) is 26.3 Å². The Kier molecular flexibility index (Phi) is 4.95. The summed E-state index contributed by atoms with van der Waals surface area (Å²) < 4.78 is 5.40. The monoisotopic (exact) mass is 312 g/mol. The first-order valence-corrected chi connectivity index (χ1v) is 8.22. The largest absolute Gasteiger partial charge is 0.496 e. The summed E-state index contributed by atoms with van der Waals surface area (Å²) in [4.78, 5) is 11.5. The zero-order valence-electron chi connectivity index (χ0n) is 13.9. The fraction of sp³-hybridized carbons (Fsp3) is 0.444. The van der Waals surface area contributed by atoms with E-state index in [1.54, 1.807) is 7.11 Å². The number of aromatic nitrogens is 2. The van der Waals surface area contributed by atoms with Crippen LogP contribution in [0.3, 0.4) is 0 Å². The third kappa shape index (κ3) is 3.92. The predicted octanol–water partition coefficient (Wildman–Crippen LogP) is 3.40. The highest BCUT2D eigenvalue weighted by molar-refractivity contribution is 5.50. The highest BCUT2D eigenvalue weighted by atomic mass is 16.5. The Morgan fingerprint density at radius 2 is 1.91 bits per heavy atom. The van der Waals surface area contributed by atoms with Crippen LogP contribution in [0.25, 0.3) is 0 Å². The van der Waals surface area contributed by atoms with Gasteiger partial charge in [-0.05, 0) is 32.3 Å². The van der Waals surface area contributed by atoms with E-state index >= 15 is 0 Å². The molecule has 1 aliphatic heterocycles. The van der Waals surface area contributed by atoms with E-state index in [1.807, 2.05) is 31.2 Å². The molecule has 23 heavy (non-hydrogen) atoms. The number of anilines is 2. The summed E-state index contributed by atoms with van der Waals surface area (Å²) in [7, 11) is 1.70. The summed E-state index contributed by atoms with van der Waals surface area (Å²) in [5.74, 6) is 3.58.